The smallest absolute Gasteiger partial charge is 0.329 e. The number of terminal acetylenes is 1. The van der Waals surface area contributed by atoms with Crippen LogP contribution in [-0.4, -0.2) is 66.3 Å². The van der Waals surface area contributed by atoms with E-state index in [4.69, 9.17) is 20.5 Å². The van der Waals surface area contributed by atoms with Crippen LogP contribution in [0.4, 0.5) is 5.82 Å². The largest absolute Gasteiger partial charge is 0.330 e. The summed E-state index contributed by atoms with van der Waals surface area (Å²) in [6.45, 7) is 4.83. The predicted octanol–water partition coefficient (Wildman–Crippen LogP) is 5.46. The minimum Gasteiger partial charge on any atom is -0.329 e. The van der Waals surface area contributed by atoms with Gasteiger partial charge in [-0.3, -0.25) is 19.1 Å². The first kappa shape index (κ1) is 32.8. The number of halogens is 1. The molecule has 11 heteroatoms. The Kier molecular flexibility index (Phi) is 14.0. The molecule has 0 aliphatic carbocycles. The molecule has 0 aliphatic heterocycles. The maximum Gasteiger partial charge on any atom is 0.330 e. The molecule has 1 aromatic heterocycles. The van der Waals surface area contributed by atoms with E-state index in [0.717, 1.165) is 29.3 Å². The van der Waals surface area contributed by atoms with Crippen LogP contribution in [0, 0.1) is 12.3 Å². The number of carbonyl (C=O) groups is 2. The van der Waals surface area contributed by atoms with E-state index in [9.17, 15) is 14.2 Å². The number of hydrogen-bond acceptors (Lipinski definition) is 6. The Hall–Kier alpha value is -2.44. The Labute approximate surface area is 240 Å². The van der Waals surface area contributed by atoms with Gasteiger partial charge in [0.2, 0.25) is 6.41 Å². The van der Waals surface area contributed by atoms with E-state index in [2.05, 4.69) is 21.9 Å². The number of aromatic nitrogens is 2. The van der Waals surface area contributed by atoms with E-state index in [1.807, 2.05) is 24.3 Å². The Morgan fingerprint density at radius 2 is 1.82 bits per heavy atom. The molecule has 39 heavy (non-hydrogen) atoms. The first-order chi connectivity index (χ1) is 18.7. The Bertz CT molecular complexity index is 1170. The molecule has 0 saturated carbocycles. The average molecular weight is 624 g/mol. The number of rotatable bonds is 18. The summed E-state index contributed by atoms with van der Waals surface area (Å²) in [7, 11) is 0.379. The van der Waals surface area contributed by atoms with E-state index in [-0.39, 0.29) is 12.5 Å². The van der Waals surface area contributed by atoms with Gasteiger partial charge in [0.15, 0.2) is 11.5 Å². The van der Waals surface area contributed by atoms with Crippen LogP contribution in [0.15, 0.2) is 28.7 Å². The van der Waals surface area contributed by atoms with Crippen molar-refractivity contribution in [3.63, 3.8) is 0 Å². The van der Waals surface area contributed by atoms with Crippen LogP contribution in [0.5, 0.6) is 0 Å². The third kappa shape index (κ3) is 9.61. The SMILES string of the molecule is C#CCN(C)C(=O)c1c(N(C=O)CCCCCCP(=O)(OCC)OCC)nc(CCc2ccccc2Br)n1C. The van der Waals surface area contributed by atoms with E-state index in [1.54, 1.807) is 32.5 Å². The number of imidazole rings is 1. The quantitative estimate of drug-likeness (QED) is 0.0948. The van der Waals surface area contributed by atoms with E-state index >= 15 is 0 Å². The van der Waals surface area contributed by atoms with Crippen LogP contribution in [0.1, 0.15) is 61.4 Å². The molecule has 214 valence electrons. The van der Waals surface area contributed by atoms with E-state index < -0.39 is 7.60 Å². The molecule has 0 spiro atoms. The van der Waals surface area contributed by atoms with Gasteiger partial charge in [-0.25, -0.2) is 4.98 Å². The number of hydrogen-bond donors (Lipinski definition) is 0. The monoisotopic (exact) mass is 622 g/mol. The summed E-state index contributed by atoms with van der Waals surface area (Å²) in [5, 5.41) is 0. The Balaban J connectivity index is 2.13. The van der Waals surface area contributed by atoms with Gasteiger partial charge in [0.25, 0.3) is 5.91 Å². The van der Waals surface area contributed by atoms with Crippen molar-refractivity contribution < 1.29 is 23.2 Å². The molecular formula is C28H40BrN4O5P. The van der Waals surface area contributed by atoms with Crippen LogP contribution in [0.2, 0.25) is 0 Å². The lowest BCUT2D eigenvalue weighted by Crippen LogP contribution is -2.32. The summed E-state index contributed by atoms with van der Waals surface area (Å²) in [4.78, 5) is 33.2. The first-order valence-corrected chi connectivity index (χ1v) is 15.8. The molecule has 0 atom stereocenters. The van der Waals surface area contributed by atoms with Gasteiger partial charge in [-0.1, -0.05) is 52.9 Å². The molecule has 0 N–H and O–H groups in total. The highest BCUT2D eigenvalue weighted by atomic mass is 79.9. The van der Waals surface area contributed by atoms with Gasteiger partial charge in [0, 0.05) is 31.5 Å². The fourth-order valence-electron chi connectivity index (χ4n) is 4.24. The zero-order valence-corrected chi connectivity index (χ0v) is 25.9. The number of carbonyl (C=O) groups excluding carboxylic acids is 2. The second kappa shape index (κ2) is 16.6. The number of benzene rings is 1. The van der Waals surface area contributed by atoms with Gasteiger partial charge in [-0.05, 0) is 44.7 Å². The summed E-state index contributed by atoms with van der Waals surface area (Å²) in [6.07, 6.45) is 10.8. The molecule has 9 nitrogen and oxygen atoms in total. The number of amides is 2. The first-order valence-electron chi connectivity index (χ1n) is 13.3. The van der Waals surface area contributed by atoms with Gasteiger partial charge >= 0.3 is 7.60 Å². The lowest BCUT2D eigenvalue weighted by Gasteiger charge is -2.20. The minimum absolute atomic E-state index is 0.143. The van der Waals surface area contributed by atoms with Crippen molar-refractivity contribution >= 4 is 41.7 Å². The summed E-state index contributed by atoms with van der Waals surface area (Å²) >= 11 is 3.58. The molecule has 1 heterocycles. The molecule has 2 aromatic rings. The van der Waals surface area contributed by atoms with Crippen molar-refractivity contribution in [2.24, 2.45) is 7.05 Å². The highest BCUT2D eigenvalue weighted by Crippen LogP contribution is 2.48. The number of nitrogens with zero attached hydrogens (tertiary/aromatic N) is 4. The van der Waals surface area contributed by atoms with Crippen LogP contribution in [0.25, 0.3) is 0 Å². The highest BCUT2D eigenvalue weighted by molar-refractivity contribution is 9.10. The van der Waals surface area contributed by atoms with E-state index in [0.29, 0.717) is 68.9 Å². The standard InChI is InChI=1S/C28H40BrN4O5P/c1-6-19-31(4)28(35)26-27(30-25(32(26)5)18-17-23-15-11-12-16-24(23)29)33(22-34)20-13-9-10-14-21-39(36,37-7-2)38-8-3/h1,11-12,15-16,22H,7-10,13-14,17-21H2,2-5H3. The normalized spacial score (nSPS) is 11.3. The molecule has 1 aromatic carbocycles. The second-order valence-electron chi connectivity index (χ2n) is 9.10. The van der Waals surface area contributed by atoms with Crippen molar-refractivity contribution in [2.45, 2.75) is 52.4 Å². The van der Waals surface area contributed by atoms with Gasteiger partial charge in [-0.15, -0.1) is 6.42 Å². The molecule has 2 rings (SSSR count). The summed E-state index contributed by atoms with van der Waals surface area (Å²) in [6, 6.07) is 7.97. The molecule has 0 aliphatic rings. The topological polar surface area (TPSA) is 94.0 Å². The van der Waals surface area contributed by atoms with Crippen molar-refractivity contribution in [3.05, 3.63) is 45.8 Å². The molecular weight excluding hydrogens is 583 g/mol. The van der Waals surface area contributed by atoms with Crippen molar-refractivity contribution in [1.29, 1.82) is 0 Å². The van der Waals surface area contributed by atoms with Gasteiger partial charge in [0.1, 0.15) is 5.82 Å². The van der Waals surface area contributed by atoms with Crippen LogP contribution < -0.4 is 4.90 Å². The maximum absolute atomic E-state index is 13.3. The summed E-state index contributed by atoms with van der Waals surface area (Å²) in [5.74, 6) is 3.23. The molecule has 0 saturated heterocycles. The van der Waals surface area contributed by atoms with Gasteiger partial charge in [-0.2, -0.15) is 0 Å². The second-order valence-corrected chi connectivity index (χ2v) is 12.1. The van der Waals surface area contributed by atoms with Crippen molar-refractivity contribution in [3.8, 4) is 12.3 Å². The van der Waals surface area contributed by atoms with E-state index in [1.165, 1.54) is 9.80 Å². The van der Waals surface area contributed by atoms with Crippen LogP contribution >= 0.6 is 23.5 Å². The molecule has 0 unspecified atom stereocenters. The molecule has 0 radical (unpaired) electrons. The number of unbranched alkanes of at least 4 members (excludes halogenated alkanes) is 3. The van der Waals surface area contributed by atoms with Gasteiger partial charge < -0.3 is 18.5 Å². The van der Waals surface area contributed by atoms with Crippen LogP contribution in [0.3, 0.4) is 0 Å². The third-order valence-corrected chi connectivity index (χ3v) is 9.20. The summed E-state index contributed by atoms with van der Waals surface area (Å²) < 4.78 is 26.1. The van der Waals surface area contributed by atoms with Crippen molar-refractivity contribution in [1.82, 2.24) is 14.5 Å². The lowest BCUT2D eigenvalue weighted by atomic mass is 10.1. The Morgan fingerprint density at radius 3 is 2.44 bits per heavy atom. The molecule has 0 fully saturated rings. The lowest BCUT2D eigenvalue weighted by molar-refractivity contribution is -0.107. The fourth-order valence-corrected chi connectivity index (χ4v) is 6.45. The third-order valence-electron chi connectivity index (χ3n) is 6.25. The zero-order valence-electron chi connectivity index (χ0n) is 23.4. The maximum atomic E-state index is 13.3. The van der Waals surface area contributed by atoms with Crippen LogP contribution in [-0.2, 0) is 38.3 Å². The minimum atomic E-state index is -3.05. The predicted molar refractivity (Wildman–Crippen MR) is 158 cm³/mol. The molecule has 2 amide bonds. The fraction of sp³-hybridized carbons (Fsp3) is 0.536. The average Bonchev–Trinajstić information content (AvgIpc) is 3.23. The van der Waals surface area contributed by atoms with Gasteiger partial charge in [0.05, 0.1) is 25.9 Å². The number of aryl methyl sites for hydroxylation is 2. The van der Waals surface area contributed by atoms with Crippen molar-refractivity contribution in [2.75, 3.05) is 44.4 Å². The molecule has 0 bridgehead atoms. The number of anilines is 1. The Morgan fingerprint density at radius 1 is 1.15 bits per heavy atom. The summed E-state index contributed by atoms with van der Waals surface area (Å²) in [5.41, 5.74) is 1.46. The zero-order chi connectivity index (χ0) is 28.8. The highest BCUT2D eigenvalue weighted by Gasteiger charge is 2.27.